The van der Waals surface area contributed by atoms with E-state index in [2.05, 4.69) is 48.6 Å². The maximum absolute atomic E-state index is 11.3. The molecule has 0 amide bonds. The number of carbonyl (C=O) groups excluding carboxylic acids is 2. The minimum Gasteiger partial charge on any atom is -0.390 e. The van der Waals surface area contributed by atoms with Crippen LogP contribution in [0.2, 0.25) is 0 Å². The van der Waals surface area contributed by atoms with Gasteiger partial charge in [-0.3, -0.25) is 9.59 Å². The molecule has 31 heavy (non-hydrogen) atoms. The normalized spacial score (nSPS) is 17.2. The van der Waals surface area contributed by atoms with E-state index in [-0.39, 0.29) is 28.1 Å². The smallest absolute Gasteiger partial charge is 0.390 e. The number of allylic oxidation sites excluding steroid dienone is 10. The van der Waals surface area contributed by atoms with Crippen molar-refractivity contribution in [3.8, 4) is 0 Å². The summed E-state index contributed by atoms with van der Waals surface area (Å²) in [5, 5.41) is 6.29. The average Bonchev–Trinajstić information content (AvgIpc) is 2.70. The minimum absolute atomic E-state index is 0. The zero-order valence-corrected chi connectivity index (χ0v) is 20.0. The molecule has 0 aromatic carbocycles. The Morgan fingerprint density at radius 3 is 1.35 bits per heavy atom. The number of carbonyl (C=O) groups is 2. The molecule has 0 aromatic heterocycles. The van der Waals surface area contributed by atoms with Crippen molar-refractivity contribution in [1.29, 1.82) is 0 Å². The maximum atomic E-state index is 11.3. The summed E-state index contributed by atoms with van der Waals surface area (Å²) in [5.74, 6) is 0.134. The van der Waals surface area contributed by atoms with E-state index < -0.39 is 0 Å². The van der Waals surface area contributed by atoms with Crippen LogP contribution in [0.4, 0.5) is 0 Å². The molecular formula is C24H36N4NiO2+2. The first-order valence-electron chi connectivity index (χ1n) is 10.3. The molecule has 2 aliphatic carbocycles. The molecule has 0 saturated carbocycles. The van der Waals surface area contributed by atoms with Gasteiger partial charge in [-0.25, -0.2) is 0 Å². The van der Waals surface area contributed by atoms with Gasteiger partial charge < -0.3 is 20.4 Å². The van der Waals surface area contributed by atoms with Crippen LogP contribution in [-0.2, 0) is 26.1 Å². The van der Waals surface area contributed by atoms with Gasteiger partial charge in [0.15, 0.2) is 11.6 Å². The molecule has 0 aliphatic heterocycles. The van der Waals surface area contributed by atoms with Gasteiger partial charge in [0, 0.05) is 36.6 Å². The number of nitrogens with one attached hydrogen (secondary N) is 2. The Labute approximate surface area is 197 Å². The van der Waals surface area contributed by atoms with Crippen LogP contribution in [0.3, 0.4) is 0 Å². The van der Waals surface area contributed by atoms with Crippen molar-refractivity contribution in [1.82, 2.24) is 20.4 Å². The molecule has 2 aliphatic rings. The SMILES string of the molecule is CN(C)CCCNC=C1C=CC=CC1=O.CN(C)CCCNC=C1C=CC=CC1=O.[Ni+2]. The predicted molar refractivity (Wildman–Crippen MR) is 125 cm³/mol. The van der Waals surface area contributed by atoms with Crippen LogP contribution >= 0.6 is 0 Å². The molecule has 0 fully saturated rings. The predicted octanol–water partition coefficient (Wildman–Crippen LogP) is 2.21. The summed E-state index contributed by atoms with van der Waals surface area (Å²) in [6.45, 7) is 3.90. The molecular weight excluding hydrogens is 435 g/mol. The molecule has 0 aromatic rings. The molecule has 0 heterocycles. The van der Waals surface area contributed by atoms with Crippen LogP contribution in [0.15, 0.2) is 72.2 Å². The van der Waals surface area contributed by atoms with Crippen molar-refractivity contribution in [3.05, 3.63) is 72.2 Å². The van der Waals surface area contributed by atoms with Gasteiger partial charge in [-0.2, -0.15) is 0 Å². The van der Waals surface area contributed by atoms with E-state index in [1.54, 1.807) is 36.7 Å². The summed E-state index contributed by atoms with van der Waals surface area (Å²) in [6.07, 6.45) is 19.8. The minimum atomic E-state index is 0. The van der Waals surface area contributed by atoms with Gasteiger partial charge in [-0.1, -0.05) is 24.3 Å². The third-order valence-electron chi connectivity index (χ3n) is 4.21. The first-order valence-corrected chi connectivity index (χ1v) is 10.3. The van der Waals surface area contributed by atoms with Crippen molar-refractivity contribution in [2.75, 3.05) is 54.4 Å². The van der Waals surface area contributed by atoms with Crippen molar-refractivity contribution in [3.63, 3.8) is 0 Å². The Bertz CT molecular complexity index is 670. The second kappa shape index (κ2) is 17.5. The van der Waals surface area contributed by atoms with Crippen molar-refractivity contribution >= 4 is 11.6 Å². The molecule has 172 valence electrons. The zero-order valence-electron chi connectivity index (χ0n) is 19.0. The average molecular weight is 471 g/mol. The van der Waals surface area contributed by atoms with Gasteiger partial charge in [0.1, 0.15) is 0 Å². The molecule has 2 N–H and O–H groups in total. The second-order valence-electron chi connectivity index (χ2n) is 7.59. The standard InChI is InChI=1S/2C12H18N2O.Ni/c2*1-14(2)9-5-8-13-10-11-6-3-4-7-12(11)15;/h2*3-4,6-7,10,13H,5,8-9H2,1-2H3;/q;;+2. The van der Waals surface area contributed by atoms with Crippen molar-refractivity contribution < 1.29 is 26.1 Å². The Morgan fingerprint density at radius 2 is 1.03 bits per heavy atom. The topological polar surface area (TPSA) is 64.7 Å². The van der Waals surface area contributed by atoms with Gasteiger partial charge >= 0.3 is 16.5 Å². The van der Waals surface area contributed by atoms with E-state index in [1.807, 2.05) is 24.3 Å². The summed E-state index contributed by atoms with van der Waals surface area (Å²) >= 11 is 0. The van der Waals surface area contributed by atoms with Crippen LogP contribution in [0, 0.1) is 0 Å². The van der Waals surface area contributed by atoms with Gasteiger partial charge in [0.05, 0.1) is 0 Å². The molecule has 0 atom stereocenters. The largest absolute Gasteiger partial charge is 2.00 e. The first-order chi connectivity index (χ1) is 14.4. The van der Waals surface area contributed by atoms with E-state index in [4.69, 9.17) is 0 Å². The zero-order chi connectivity index (χ0) is 22.2. The fraction of sp³-hybridized carbons (Fsp3) is 0.417. The Balaban J connectivity index is 0.000000562. The van der Waals surface area contributed by atoms with E-state index >= 15 is 0 Å². The Hall–Kier alpha value is -2.21. The molecule has 6 nitrogen and oxygen atoms in total. The number of hydrogen-bond acceptors (Lipinski definition) is 6. The van der Waals surface area contributed by atoms with Crippen LogP contribution in [-0.4, -0.2) is 75.7 Å². The van der Waals surface area contributed by atoms with Crippen LogP contribution in [0.5, 0.6) is 0 Å². The quantitative estimate of drug-likeness (QED) is 0.290. The molecule has 0 saturated heterocycles. The van der Waals surface area contributed by atoms with Crippen molar-refractivity contribution in [2.45, 2.75) is 12.8 Å². The summed E-state index contributed by atoms with van der Waals surface area (Å²) < 4.78 is 0. The van der Waals surface area contributed by atoms with E-state index in [0.29, 0.717) is 0 Å². The van der Waals surface area contributed by atoms with E-state index in [0.717, 1.165) is 50.2 Å². The third kappa shape index (κ3) is 14.4. The number of ketones is 2. The maximum Gasteiger partial charge on any atom is 2.00 e. The fourth-order valence-electron chi connectivity index (χ4n) is 2.56. The summed E-state index contributed by atoms with van der Waals surface area (Å²) in [7, 11) is 8.21. The van der Waals surface area contributed by atoms with Gasteiger partial charge in [-0.05, 0) is 78.4 Å². The van der Waals surface area contributed by atoms with E-state index in [1.165, 1.54) is 0 Å². The second-order valence-corrected chi connectivity index (χ2v) is 7.59. The molecule has 0 bridgehead atoms. The summed E-state index contributed by atoms with van der Waals surface area (Å²) in [4.78, 5) is 26.9. The van der Waals surface area contributed by atoms with Crippen molar-refractivity contribution in [2.24, 2.45) is 0 Å². The molecule has 0 spiro atoms. The Kier molecular flexibility index (Phi) is 16.2. The van der Waals surface area contributed by atoms with Crippen LogP contribution in [0.25, 0.3) is 0 Å². The van der Waals surface area contributed by atoms with Gasteiger partial charge in [0.25, 0.3) is 0 Å². The monoisotopic (exact) mass is 470 g/mol. The Morgan fingerprint density at radius 1 is 0.677 bits per heavy atom. The summed E-state index contributed by atoms with van der Waals surface area (Å²) in [6, 6.07) is 0. The molecule has 2 rings (SSSR count). The molecule has 0 radical (unpaired) electrons. The van der Waals surface area contributed by atoms with Gasteiger partial charge in [0.2, 0.25) is 0 Å². The number of rotatable bonds is 10. The summed E-state index contributed by atoms with van der Waals surface area (Å²) in [5.41, 5.74) is 1.45. The van der Waals surface area contributed by atoms with E-state index in [9.17, 15) is 9.59 Å². The van der Waals surface area contributed by atoms with Crippen LogP contribution in [0.1, 0.15) is 12.8 Å². The molecule has 7 heteroatoms. The number of hydrogen-bond donors (Lipinski definition) is 2. The third-order valence-corrected chi connectivity index (χ3v) is 4.21. The fourth-order valence-corrected chi connectivity index (χ4v) is 2.56. The number of nitrogens with zero attached hydrogens (tertiary/aromatic N) is 2. The molecule has 0 unspecified atom stereocenters. The first kappa shape index (κ1) is 28.8. The van der Waals surface area contributed by atoms with Crippen LogP contribution < -0.4 is 10.6 Å². The van der Waals surface area contributed by atoms with Gasteiger partial charge in [-0.15, -0.1) is 0 Å².